The van der Waals surface area contributed by atoms with Gasteiger partial charge in [-0.1, -0.05) is 26.0 Å². The van der Waals surface area contributed by atoms with Gasteiger partial charge in [0.2, 0.25) is 0 Å². The molecule has 5 rings (SSSR count). The summed E-state index contributed by atoms with van der Waals surface area (Å²) in [7, 11) is 0. The third-order valence-electron chi connectivity index (χ3n) is 6.61. The predicted molar refractivity (Wildman–Crippen MR) is 92.7 cm³/mol. The first-order valence-electron chi connectivity index (χ1n) is 9.11. The lowest BCUT2D eigenvalue weighted by molar-refractivity contribution is -0.118. The zero-order chi connectivity index (χ0) is 17.0. The molecular formula is C20H28N2O2. The SMILES string of the molecule is CC12CC3CC(C)(C1)CC(NCc1ccc(C(=O)NO)cc1)(C3)C2. The molecule has 0 saturated heterocycles. The number of amides is 1. The van der Waals surface area contributed by atoms with Crippen molar-refractivity contribution in [2.24, 2.45) is 16.7 Å². The molecular weight excluding hydrogens is 300 g/mol. The Bertz CT molecular complexity index is 636. The fraction of sp³-hybridized carbons (Fsp3) is 0.650. The summed E-state index contributed by atoms with van der Waals surface area (Å²) < 4.78 is 0. The topological polar surface area (TPSA) is 61.4 Å². The summed E-state index contributed by atoms with van der Waals surface area (Å²) in [6.07, 6.45) is 8.15. The Kier molecular flexibility index (Phi) is 3.56. The van der Waals surface area contributed by atoms with Crippen molar-refractivity contribution in [3.8, 4) is 0 Å². The van der Waals surface area contributed by atoms with Crippen LogP contribution in [0.4, 0.5) is 0 Å². The summed E-state index contributed by atoms with van der Waals surface area (Å²) >= 11 is 0. The molecule has 4 saturated carbocycles. The second-order valence-electron chi connectivity index (χ2n) is 9.40. The van der Waals surface area contributed by atoms with E-state index in [1.807, 2.05) is 12.1 Å². The number of nitrogens with one attached hydrogen (secondary N) is 2. The molecule has 1 amide bonds. The molecule has 0 spiro atoms. The molecule has 2 unspecified atom stereocenters. The van der Waals surface area contributed by atoms with E-state index in [4.69, 9.17) is 5.21 Å². The molecule has 0 aliphatic heterocycles. The van der Waals surface area contributed by atoms with Crippen molar-refractivity contribution in [1.29, 1.82) is 0 Å². The lowest BCUT2D eigenvalue weighted by atomic mass is 9.43. The summed E-state index contributed by atoms with van der Waals surface area (Å²) in [4.78, 5) is 11.4. The van der Waals surface area contributed by atoms with Crippen molar-refractivity contribution in [3.05, 3.63) is 35.4 Å². The molecule has 1 aromatic carbocycles. The van der Waals surface area contributed by atoms with Gasteiger partial charge in [0.05, 0.1) is 0 Å². The standard InChI is InChI=1S/C20H28N2O2/c1-18-7-15-8-19(2,11-18)13-20(9-15,12-18)21-10-14-3-5-16(6-4-14)17(23)22-24/h3-6,15,21,24H,7-13H2,1-2H3,(H,22,23). The molecule has 24 heavy (non-hydrogen) atoms. The van der Waals surface area contributed by atoms with Crippen LogP contribution in [0.2, 0.25) is 0 Å². The van der Waals surface area contributed by atoms with Crippen molar-refractivity contribution in [2.75, 3.05) is 0 Å². The van der Waals surface area contributed by atoms with E-state index in [2.05, 4.69) is 19.2 Å². The second-order valence-corrected chi connectivity index (χ2v) is 9.40. The normalized spacial score (nSPS) is 39.9. The molecule has 130 valence electrons. The van der Waals surface area contributed by atoms with Gasteiger partial charge in [0.25, 0.3) is 5.91 Å². The number of hydrogen-bond acceptors (Lipinski definition) is 3. The Morgan fingerprint density at radius 3 is 2.25 bits per heavy atom. The molecule has 3 N–H and O–H groups in total. The highest BCUT2D eigenvalue weighted by molar-refractivity contribution is 5.93. The highest BCUT2D eigenvalue weighted by Crippen LogP contribution is 2.66. The van der Waals surface area contributed by atoms with Crippen LogP contribution in [0.25, 0.3) is 0 Å². The van der Waals surface area contributed by atoms with E-state index in [0.29, 0.717) is 21.9 Å². The van der Waals surface area contributed by atoms with Crippen molar-refractivity contribution < 1.29 is 10.0 Å². The van der Waals surface area contributed by atoms with Crippen molar-refractivity contribution >= 4 is 5.91 Å². The number of rotatable bonds is 4. The van der Waals surface area contributed by atoms with E-state index < -0.39 is 5.91 Å². The first-order valence-corrected chi connectivity index (χ1v) is 9.11. The quantitative estimate of drug-likeness (QED) is 0.584. The molecule has 1 aromatic rings. The third-order valence-corrected chi connectivity index (χ3v) is 6.61. The molecule has 4 aliphatic rings. The van der Waals surface area contributed by atoms with Crippen LogP contribution in [-0.2, 0) is 6.54 Å². The summed E-state index contributed by atoms with van der Waals surface area (Å²) in [6.45, 7) is 5.84. The van der Waals surface area contributed by atoms with E-state index in [9.17, 15) is 4.79 Å². The largest absolute Gasteiger partial charge is 0.307 e. The lowest BCUT2D eigenvalue weighted by Gasteiger charge is -2.65. The summed E-state index contributed by atoms with van der Waals surface area (Å²) in [5.41, 5.74) is 4.68. The van der Waals surface area contributed by atoms with E-state index >= 15 is 0 Å². The number of hydroxylamine groups is 1. The zero-order valence-corrected chi connectivity index (χ0v) is 14.7. The van der Waals surface area contributed by atoms with Gasteiger partial charge in [0, 0.05) is 17.6 Å². The zero-order valence-electron chi connectivity index (χ0n) is 14.7. The third kappa shape index (κ3) is 2.76. The van der Waals surface area contributed by atoms with Gasteiger partial charge in [-0.15, -0.1) is 0 Å². The maximum atomic E-state index is 11.4. The van der Waals surface area contributed by atoms with Gasteiger partial charge >= 0.3 is 0 Å². The minimum absolute atomic E-state index is 0.296. The van der Waals surface area contributed by atoms with Gasteiger partial charge in [-0.05, 0) is 73.0 Å². The van der Waals surface area contributed by atoms with Gasteiger partial charge in [-0.25, -0.2) is 5.48 Å². The fourth-order valence-electron chi connectivity index (χ4n) is 6.77. The van der Waals surface area contributed by atoms with Gasteiger partial charge in [-0.3, -0.25) is 10.0 Å². The molecule has 4 aliphatic carbocycles. The van der Waals surface area contributed by atoms with E-state index in [1.54, 1.807) is 17.6 Å². The van der Waals surface area contributed by atoms with Crippen molar-refractivity contribution in [2.45, 2.75) is 64.5 Å². The van der Waals surface area contributed by atoms with Crippen LogP contribution in [-0.4, -0.2) is 16.7 Å². The fourth-order valence-corrected chi connectivity index (χ4v) is 6.77. The number of carbonyl (C=O) groups excluding carboxylic acids is 1. The van der Waals surface area contributed by atoms with Gasteiger partial charge in [0.15, 0.2) is 0 Å². The first-order chi connectivity index (χ1) is 11.3. The van der Waals surface area contributed by atoms with Crippen LogP contribution in [0.1, 0.15) is 68.3 Å². The van der Waals surface area contributed by atoms with Crippen LogP contribution >= 0.6 is 0 Å². The Hall–Kier alpha value is -1.39. The molecule has 4 bridgehead atoms. The van der Waals surface area contributed by atoms with Crippen LogP contribution in [0.3, 0.4) is 0 Å². The summed E-state index contributed by atoms with van der Waals surface area (Å²) in [5.74, 6) is 0.427. The second kappa shape index (κ2) is 5.30. The molecule has 4 fully saturated rings. The van der Waals surface area contributed by atoms with Gasteiger partial charge in [-0.2, -0.15) is 0 Å². The molecule has 0 radical (unpaired) electrons. The van der Waals surface area contributed by atoms with Crippen molar-refractivity contribution in [3.63, 3.8) is 0 Å². The first kappa shape index (κ1) is 16.1. The molecule has 0 heterocycles. The van der Waals surface area contributed by atoms with Gasteiger partial charge in [0.1, 0.15) is 0 Å². The number of benzene rings is 1. The van der Waals surface area contributed by atoms with Gasteiger partial charge < -0.3 is 5.32 Å². The number of hydrogen-bond donors (Lipinski definition) is 3. The van der Waals surface area contributed by atoms with Crippen LogP contribution in [0.15, 0.2) is 24.3 Å². The van der Waals surface area contributed by atoms with E-state index in [-0.39, 0.29) is 0 Å². The average Bonchev–Trinajstić information content (AvgIpc) is 2.49. The number of carbonyl (C=O) groups is 1. The predicted octanol–water partition coefficient (Wildman–Crippen LogP) is 3.64. The lowest BCUT2D eigenvalue weighted by Crippen LogP contribution is -2.63. The Morgan fingerprint density at radius 1 is 1.08 bits per heavy atom. The van der Waals surface area contributed by atoms with Crippen LogP contribution in [0, 0.1) is 16.7 Å². The monoisotopic (exact) mass is 328 g/mol. The van der Waals surface area contributed by atoms with Crippen LogP contribution < -0.4 is 10.8 Å². The maximum Gasteiger partial charge on any atom is 0.274 e. The maximum absolute atomic E-state index is 11.4. The molecule has 4 heteroatoms. The Labute approximate surface area is 144 Å². The highest BCUT2D eigenvalue weighted by Gasteiger charge is 2.59. The molecule has 4 nitrogen and oxygen atoms in total. The highest BCUT2D eigenvalue weighted by atomic mass is 16.5. The minimum Gasteiger partial charge on any atom is -0.307 e. The minimum atomic E-state index is -0.462. The van der Waals surface area contributed by atoms with E-state index in [0.717, 1.165) is 12.5 Å². The average molecular weight is 328 g/mol. The van der Waals surface area contributed by atoms with E-state index in [1.165, 1.54) is 44.1 Å². The molecule has 0 aromatic heterocycles. The Balaban J connectivity index is 1.47. The van der Waals surface area contributed by atoms with Crippen molar-refractivity contribution in [1.82, 2.24) is 10.8 Å². The van der Waals surface area contributed by atoms with Crippen LogP contribution in [0.5, 0.6) is 0 Å². The summed E-state index contributed by atoms with van der Waals surface area (Å²) in [6, 6.07) is 7.48. The summed E-state index contributed by atoms with van der Waals surface area (Å²) in [5, 5.41) is 12.6. The Morgan fingerprint density at radius 2 is 1.71 bits per heavy atom. The smallest absolute Gasteiger partial charge is 0.274 e. The molecule has 2 atom stereocenters.